The van der Waals surface area contributed by atoms with E-state index < -0.39 is 5.82 Å². The molecule has 7 nitrogen and oxygen atoms in total. The van der Waals surface area contributed by atoms with Crippen molar-refractivity contribution in [3.05, 3.63) is 30.6 Å². The van der Waals surface area contributed by atoms with Gasteiger partial charge in [0.05, 0.1) is 24.3 Å². The van der Waals surface area contributed by atoms with E-state index in [9.17, 15) is 4.39 Å². The minimum absolute atomic E-state index is 0. The van der Waals surface area contributed by atoms with Crippen LogP contribution in [-0.4, -0.2) is 36.5 Å². The number of hydrogen-bond donors (Lipinski definition) is 1. The average Bonchev–Trinajstić information content (AvgIpc) is 3.21. The molecule has 1 fully saturated rings. The monoisotopic (exact) mass is 352 g/mol. The fourth-order valence-electron chi connectivity index (χ4n) is 2.96. The largest absolute Gasteiger partial charge is 0.473 e. The van der Waals surface area contributed by atoms with Crippen LogP contribution in [0.25, 0.3) is 16.8 Å². The quantitative estimate of drug-likeness (QED) is 0.779. The summed E-state index contributed by atoms with van der Waals surface area (Å²) < 4.78 is 23.1. The molecule has 24 heavy (non-hydrogen) atoms. The standard InChI is InChI=1S/C15H17FN6O.ClH/c1-21-7-9(5-18-21)13-8-22-14(12(16)6-19-22)15(20-13)23-11-3-2-10(17)4-11;/h5-8,10-11H,2-4,17H2,1H3;1H/t10-,11+;/m0./s1. The van der Waals surface area contributed by atoms with E-state index in [1.807, 2.05) is 13.2 Å². The number of nitrogens with zero attached hydrogens (tertiary/aromatic N) is 5. The Kier molecular flexibility index (Phi) is 4.42. The van der Waals surface area contributed by atoms with Crippen molar-refractivity contribution in [2.45, 2.75) is 31.4 Å². The number of halogens is 2. The molecule has 128 valence electrons. The highest BCUT2D eigenvalue weighted by molar-refractivity contribution is 5.85. The van der Waals surface area contributed by atoms with Crippen molar-refractivity contribution in [3.63, 3.8) is 0 Å². The molecule has 3 aromatic heterocycles. The Hall–Kier alpha value is -2.19. The van der Waals surface area contributed by atoms with Gasteiger partial charge in [0.15, 0.2) is 11.3 Å². The Morgan fingerprint density at radius 2 is 2.08 bits per heavy atom. The molecule has 9 heteroatoms. The molecule has 2 atom stereocenters. The third-order valence-corrected chi connectivity index (χ3v) is 4.12. The number of aromatic nitrogens is 5. The molecule has 0 bridgehead atoms. The van der Waals surface area contributed by atoms with Gasteiger partial charge < -0.3 is 10.5 Å². The van der Waals surface area contributed by atoms with Crippen LogP contribution < -0.4 is 10.5 Å². The van der Waals surface area contributed by atoms with Crippen molar-refractivity contribution >= 4 is 17.9 Å². The molecular weight excluding hydrogens is 335 g/mol. The van der Waals surface area contributed by atoms with Gasteiger partial charge in [-0.15, -0.1) is 12.4 Å². The van der Waals surface area contributed by atoms with E-state index in [1.54, 1.807) is 17.1 Å². The minimum atomic E-state index is -0.451. The van der Waals surface area contributed by atoms with Gasteiger partial charge in [0.25, 0.3) is 0 Å². The van der Waals surface area contributed by atoms with E-state index in [2.05, 4.69) is 15.2 Å². The SMILES string of the molecule is Cl.Cn1cc(-c2cn3ncc(F)c3c(O[C@@H]3CC[C@H](N)C3)n2)cn1. The minimum Gasteiger partial charge on any atom is -0.473 e. The maximum atomic E-state index is 14.1. The van der Waals surface area contributed by atoms with Gasteiger partial charge in [-0.25, -0.2) is 13.9 Å². The molecular formula is C15H18ClFN6O. The van der Waals surface area contributed by atoms with Gasteiger partial charge in [0.2, 0.25) is 5.88 Å². The number of nitrogens with two attached hydrogens (primary N) is 1. The van der Waals surface area contributed by atoms with Crippen LogP contribution in [0.1, 0.15) is 19.3 Å². The summed E-state index contributed by atoms with van der Waals surface area (Å²) in [6.07, 6.45) is 8.83. The third-order valence-electron chi connectivity index (χ3n) is 4.12. The summed E-state index contributed by atoms with van der Waals surface area (Å²) in [5.74, 6) is -0.201. The van der Waals surface area contributed by atoms with Crippen molar-refractivity contribution < 1.29 is 9.13 Å². The Morgan fingerprint density at radius 3 is 2.75 bits per heavy atom. The van der Waals surface area contributed by atoms with Crippen molar-refractivity contribution in [1.29, 1.82) is 0 Å². The smallest absolute Gasteiger partial charge is 0.244 e. The second-order valence-corrected chi connectivity index (χ2v) is 5.93. The van der Waals surface area contributed by atoms with E-state index in [0.717, 1.165) is 31.0 Å². The molecule has 0 radical (unpaired) electrons. The summed E-state index contributed by atoms with van der Waals surface area (Å²) in [6, 6.07) is 0.132. The van der Waals surface area contributed by atoms with E-state index in [0.29, 0.717) is 5.69 Å². The van der Waals surface area contributed by atoms with Gasteiger partial charge in [-0.2, -0.15) is 10.2 Å². The second kappa shape index (κ2) is 6.37. The lowest BCUT2D eigenvalue weighted by Gasteiger charge is -2.14. The molecule has 1 aliphatic carbocycles. The fraction of sp³-hybridized carbons (Fsp3) is 0.400. The molecule has 0 aromatic carbocycles. The van der Waals surface area contributed by atoms with Gasteiger partial charge in [-0.3, -0.25) is 4.68 Å². The molecule has 3 aromatic rings. The Labute approximate surface area is 144 Å². The molecule has 0 amide bonds. The first-order valence-electron chi connectivity index (χ1n) is 7.55. The van der Waals surface area contributed by atoms with E-state index in [4.69, 9.17) is 10.5 Å². The van der Waals surface area contributed by atoms with Crippen molar-refractivity contribution in [1.82, 2.24) is 24.4 Å². The number of aryl methyl sites for hydroxylation is 1. The number of fused-ring (bicyclic) bond motifs is 1. The van der Waals surface area contributed by atoms with Crippen molar-refractivity contribution in [2.24, 2.45) is 12.8 Å². The predicted molar refractivity (Wildman–Crippen MR) is 88.6 cm³/mol. The van der Waals surface area contributed by atoms with E-state index >= 15 is 0 Å². The average molecular weight is 353 g/mol. The fourth-order valence-corrected chi connectivity index (χ4v) is 2.96. The van der Waals surface area contributed by atoms with Crippen LogP contribution in [0.4, 0.5) is 4.39 Å². The number of hydrogen-bond acceptors (Lipinski definition) is 5. The van der Waals surface area contributed by atoms with Crippen LogP contribution in [0, 0.1) is 5.82 Å². The van der Waals surface area contributed by atoms with Crippen molar-refractivity contribution in [2.75, 3.05) is 0 Å². The lowest BCUT2D eigenvalue weighted by Crippen LogP contribution is -2.19. The topological polar surface area (TPSA) is 83.3 Å². The van der Waals surface area contributed by atoms with Crippen LogP contribution >= 0.6 is 12.4 Å². The number of ether oxygens (including phenoxy) is 1. The highest BCUT2D eigenvalue weighted by atomic mass is 35.5. The predicted octanol–water partition coefficient (Wildman–Crippen LogP) is 1.95. The van der Waals surface area contributed by atoms with E-state index in [-0.39, 0.29) is 35.9 Å². The normalized spacial score (nSPS) is 20.3. The van der Waals surface area contributed by atoms with Gasteiger partial charge in [-0.1, -0.05) is 0 Å². The zero-order valence-electron chi connectivity index (χ0n) is 13.1. The maximum Gasteiger partial charge on any atom is 0.244 e. The van der Waals surface area contributed by atoms with Crippen LogP contribution in [0.5, 0.6) is 5.88 Å². The maximum absolute atomic E-state index is 14.1. The lowest BCUT2D eigenvalue weighted by atomic mass is 10.2. The summed E-state index contributed by atoms with van der Waals surface area (Å²) in [6.45, 7) is 0. The molecule has 2 N–H and O–H groups in total. The highest BCUT2D eigenvalue weighted by Gasteiger charge is 2.26. The molecule has 4 rings (SSSR count). The zero-order chi connectivity index (χ0) is 16.0. The molecule has 1 aliphatic rings. The van der Waals surface area contributed by atoms with Crippen LogP contribution in [0.3, 0.4) is 0 Å². The molecule has 0 aliphatic heterocycles. The zero-order valence-corrected chi connectivity index (χ0v) is 13.9. The van der Waals surface area contributed by atoms with Crippen molar-refractivity contribution in [3.8, 4) is 17.1 Å². The van der Waals surface area contributed by atoms with Gasteiger partial charge in [0.1, 0.15) is 6.10 Å². The van der Waals surface area contributed by atoms with Gasteiger partial charge >= 0.3 is 0 Å². The molecule has 3 heterocycles. The van der Waals surface area contributed by atoms with Crippen LogP contribution in [0.2, 0.25) is 0 Å². The highest BCUT2D eigenvalue weighted by Crippen LogP contribution is 2.29. The molecule has 0 saturated heterocycles. The molecule has 1 saturated carbocycles. The first kappa shape index (κ1) is 16.7. The summed E-state index contributed by atoms with van der Waals surface area (Å²) in [7, 11) is 1.83. The molecule has 0 unspecified atom stereocenters. The third kappa shape index (κ3) is 2.94. The lowest BCUT2D eigenvalue weighted by molar-refractivity contribution is 0.201. The Bertz CT molecular complexity index is 863. The summed E-state index contributed by atoms with van der Waals surface area (Å²) in [5.41, 5.74) is 7.62. The van der Waals surface area contributed by atoms with Crippen LogP contribution in [-0.2, 0) is 7.05 Å². The number of rotatable bonds is 3. The van der Waals surface area contributed by atoms with E-state index in [1.165, 1.54) is 4.52 Å². The van der Waals surface area contributed by atoms with Gasteiger partial charge in [0, 0.05) is 24.8 Å². The first-order chi connectivity index (χ1) is 11.1. The Morgan fingerprint density at radius 1 is 1.25 bits per heavy atom. The summed E-state index contributed by atoms with van der Waals surface area (Å²) >= 11 is 0. The molecule has 0 spiro atoms. The summed E-state index contributed by atoms with van der Waals surface area (Å²) in [5, 5.41) is 8.17. The van der Waals surface area contributed by atoms with Gasteiger partial charge in [-0.05, 0) is 19.3 Å². The first-order valence-corrected chi connectivity index (χ1v) is 7.55. The van der Waals surface area contributed by atoms with Crippen LogP contribution in [0.15, 0.2) is 24.8 Å². The summed E-state index contributed by atoms with van der Waals surface area (Å²) in [4.78, 5) is 4.49. The second-order valence-electron chi connectivity index (χ2n) is 5.93. The Balaban J connectivity index is 0.00000169.